The summed E-state index contributed by atoms with van der Waals surface area (Å²) in [6, 6.07) is 13.2. The quantitative estimate of drug-likeness (QED) is 0.339. The first kappa shape index (κ1) is 24.7. The number of fused-ring (bicyclic) bond motifs is 1. The van der Waals surface area contributed by atoms with Gasteiger partial charge in [0.1, 0.15) is 29.4 Å². The lowest BCUT2D eigenvalue weighted by molar-refractivity contribution is -0.142. The summed E-state index contributed by atoms with van der Waals surface area (Å²) in [5.74, 6) is 0.994. The number of aromatic nitrogens is 3. The Morgan fingerprint density at radius 3 is 2.70 bits per heavy atom. The number of amides is 1. The molecule has 3 heterocycles. The van der Waals surface area contributed by atoms with E-state index in [0.717, 1.165) is 0 Å². The summed E-state index contributed by atoms with van der Waals surface area (Å²) in [6.45, 7) is 3.83. The molecule has 1 unspecified atom stereocenters. The fourth-order valence-electron chi connectivity index (χ4n) is 3.90. The van der Waals surface area contributed by atoms with Crippen LogP contribution < -0.4 is 14.8 Å². The van der Waals surface area contributed by atoms with Crippen molar-refractivity contribution in [2.75, 3.05) is 31.6 Å². The van der Waals surface area contributed by atoms with Crippen LogP contribution in [0.4, 0.5) is 15.9 Å². The molecule has 0 aliphatic carbocycles. The van der Waals surface area contributed by atoms with Gasteiger partial charge in [-0.2, -0.15) is 4.39 Å². The normalized spacial score (nSPS) is 14.3. The molecule has 0 saturated carbocycles. The number of carbonyl (C=O) groups is 1. The minimum Gasteiger partial charge on any atom is -0.480 e. The minimum absolute atomic E-state index is 0.106. The summed E-state index contributed by atoms with van der Waals surface area (Å²) in [5, 5.41) is 4.20. The molecule has 1 aliphatic heterocycles. The molecule has 2 aromatic heterocycles. The minimum atomic E-state index is -0.705. The number of morpholine rings is 1. The Hall–Kier alpha value is -4.02. The molecule has 2 aromatic carbocycles. The second kappa shape index (κ2) is 10.9. The van der Waals surface area contributed by atoms with E-state index in [1.54, 1.807) is 36.1 Å². The lowest BCUT2D eigenvalue weighted by Crippen LogP contribution is -2.46. The number of ether oxygens (including phenoxy) is 3. The standard InChI is InChI=1S/C26H23ClFN5O4/c1-16(26(34)33-9-11-35-12-10-33)36-22-4-2-3-20-24(22)25(31-15-30-20)32-17-5-7-21(19(27)13-17)37-18-6-8-23(28)29-14-18/h2-8,13-16H,9-12H2,1H3,(H,30,31,32). The molecule has 1 N–H and O–H groups in total. The summed E-state index contributed by atoms with van der Waals surface area (Å²) in [7, 11) is 0. The zero-order valence-electron chi connectivity index (χ0n) is 19.9. The number of halogens is 2. The highest BCUT2D eigenvalue weighted by atomic mass is 35.5. The maximum absolute atomic E-state index is 13.1. The van der Waals surface area contributed by atoms with Crippen LogP contribution in [0.3, 0.4) is 0 Å². The molecule has 1 amide bonds. The number of nitrogens with zero attached hydrogens (tertiary/aromatic N) is 4. The predicted molar refractivity (Wildman–Crippen MR) is 136 cm³/mol. The van der Waals surface area contributed by atoms with E-state index in [9.17, 15) is 9.18 Å². The van der Waals surface area contributed by atoms with Gasteiger partial charge in [-0.05, 0) is 49.4 Å². The SMILES string of the molecule is CC(Oc1cccc2ncnc(Nc3ccc(Oc4ccc(F)nc4)c(Cl)c3)c12)C(=O)N1CCOCC1. The molecule has 37 heavy (non-hydrogen) atoms. The van der Waals surface area contributed by atoms with Crippen LogP contribution in [0.2, 0.25) is 5.02 Å². The van der Waals surface area contributed by atoms with Crippen LogP contribution in [0.15, 0.2) is 61.1 Å². The number of anilines is 2. The van der Waals surface area contributed by atoms with Crippen molar-refractivity contribution >= 4 is 39.9 Å². The number of carbonyl (C=O) groups excluding carboxylic acids is 1. The van der Waals surface area contributed by atoms with Gasteiger partial charge in [-0.25, -0.2) is 15.0 Å². The van der Waals surface area contributed by atoms with Crippen molar-refractivity contribution in [3.05, 3.63) is 72.0 Å². The Bertz CT molecular complexity index is 1410. The number of rotatable bonds is 7. The molecule has 0 spiro atoms. The zero-order valence-corrected chi connectivity index (χ0v) is 20.6. The molecule has 190 valence electrons. The van der Waals surface area contributed by atoms with Crippen molar-refractivity contribution in [2.45, 2.75) is 13.0 Å². The van der Waals surface area contributed by atoms with E-state index in [4.69, 9.17) is 25.8 Å². The van der Waals surface area contributed by atoms with Crippen LogP contribution in [0.25, 0.3) is 10.9 Å². The van der Waals surface area contributed by atoms with Gasteiger partial charge in [0.15, 0.2) is 6.10 Å². The van der Waals surface area contributed by atoms with E-state index in [-0.39, 0.29) is 5.91 Å². The van der Waals surface area contributed by atoms with Crippen LogP contribution in [0.1, 0.15) is 6.92 Å². The van der Waals surface area contributed by atoms with Gasteiger partial charge in [0, 0.05) is 18.8 Å². The first-order valence-electron chi connectivity index (χ1n) is 11.6. The Labute approximate surface area is 217 Å². The molecule has 1 saturated heterocycles. The van der Waals surface area contributed by atoms with E-state index in [0.29, 0.717) is 71.0 Å². The predicted octanol–water partition coefficient (Wildman–Crippen LogP) is 4.98. The van der Waals surface area contributed by atoms with E-state index in [2.05, 4.69) is 20.3 Å². The number of nitrogens with one attached hydrogen (secondary N) is 1. The highest BCUT2D eigenvalue weighted by Crippen LogP contribution is 2.35. The Balaban J connectivity index is 1.37. The average molecular weight is 524 g/mol. The van der Waals surface area contributed by atoms with E-state index >= 15 is 0 Å². The monoisotopic (exact) mass is 523 g/mol. The molecule has 0 bridgehead atoms. The maximum Gasteiger partial charge on any atom is 0.263 e. The molecule has 0 radical (unpaired) electrons. The lowest BCUT2D eigenvalue weighted by atomic mass is 10.2. The fourth-order valence-corrected chi connectivity index (χ4v) is 4.12. The van der Waals surface area contributed by atoms with E-state index < -0.39 is 12.1 Å². The van der Waals surface area contributed by atoms with Crippen molar-refractivity contribution < 1.29 is 23.4 Å². The van der Waals surface area contributed by atoms with Gasteiger partial charge in [-0.3, -0.25) is 4.79 Å². The molecule has 1 atom stereocenters. The van der Waals surface area contributed by atoms with Gasteiger partial charge in [0.05, 0.1) is 35.3 Å². The highest BCUT2D eigenvalue weighted by Gasteiger charge is 2.25. The third-order valence-corrected chi connectivity index (χ3v) is 6.02. The van der Waals surface area contributed by atoms with Crippen LogP contribution in [0, 0.1) is 5.95 Å². The van der Waals surface area contributed by atoms with Gasteiger partial charge in [0.2, 0.25) is 5.95 Å². The summed E-state index contributed by atoms with van der Waals surface area (Å²) < 4.78 is 30.2. The van der Waals surface area contributed by atoms with Gasteiger partial charge >= 0.3 is 0 Å². The fraction of sp³-hybridized carbons (Fsp3) is 0.231. The van der Waals surface area contributed by atoms with Gasteiger partial charge < -0.3 is 24.4 Å². The molecule has 1 aliphatic rings. The van der Waals surface area contributed by atoms with Crippen LogP contribution in [-0.2, 0) is 9.53 Å². The number of hydrogen-bond acceptors (Lipinski definition) is 8. The molecule has 9 nitrogen and oxygen atoms in total. The smallest absolute Gasteiger partial charge is 0.263 e. The first-order valence-corrected chi connectivity index (χ1v) is 12.0. The third kappa shape index (κ3) is 5.71. The Kier molecular flexibility index (Phi) is 7.29. The molecular formula is C26H23ClFN5O4. The first-order chi connectivity index (χ1) is 18.0. The Morgan fingerprint density at radius 1 is 1.11 bits per heavy atom. The van der Waals surface area contributed by atoms with Gasteiger partial charge in [-0.15, -0.1) is 0 Å². The highest BCUT2D eigenvalue weighted by molar-refractivity contribution is 6.32. The second-order valence-corrected chi connectivity index (χ2v) is 8.67. The summed E-state index contributed by atoms with van der Waals surface area (Å²) in [5.41, 5.74) is 1.29. The van der Waals surface area contributed by atoms with E-state index in [1.807, 2.05) is 12.1 Å². The zero-order chi connectivity index (χ0) is 25.8. The number of pyridine rings is 1. The third-order valence-electron chi connectivity index (χ3n) is 5.72. The van der Waals surface area contributed by atoms with Crippen LogP contribution >= 0.6 is 11.6 Å². The average Bonchev–Trinajstić information content (AvgIpc) is 2.91. The molecule has 1 fully saturated rings. The Morgan fingerprint density at radius 2 is 1.95 bits per heavy atom. The topological polar surface area (TPSA) is 98.7 Å². The molecule has 4 aromatic rings. The molecular weight excluding hydrogens is 501 g/mol. The van der Waals surface area contributed by atoms with Crippen molar-refractivity contribution in [1.29, 1.82) is 0 Å². The lowest BCUT2D eigenvalue weighted by Gasteiger charge is -2.29. The van der Waals surface area contributed by atoms with Crippen LogP contribution in [0.5, 0.6) is 17.2 Å². The van der Waals surface area contributed by atoms with Gasteiger partial charge in [0.25, 0.3) is 5.91 Å². The second-order valence-electron chi connectivity index (χ2n) is 8.26. The van der Waals surface area contributed by atoms with Crippen molar-refractivity contribution in [3.8, 4) is 17.2 Å². The largest absolute Gasteiger partial charge is 0.480 e. The van der Waals surface area contributed by atoms with Crippen molar-refractivity contribution in [1.82, 2.24) is 19.9 Å². The summed E-state index contributed by atoms with van der Waals surface area (Å²) >= 11 is 6.44. The molecule has 5 rings (SSSR count). The van der Waals surface area contributed by atoms with Crippen molar-refractivity contribution in [2.24, 2.45) is 0 Å². The maximum atomic E-state index is 13.1. The van der Waals surface area contributed by atoms with Crippen LogP contribution in [-0.4, -0.2) is 58.2 Å². The van der Waals surface area contributed by atoms with E-state index in [1.165, 1.54) is 24.7 Å². The number of hydrogen-bond donors (Lipinski definition) is 1. The molecule has 11 heteroatoms. The van der Waals surface area contributed by atoms with Gasteiger partial charge in [-0.1, -0.05) is 17.7 Å². The number of benzene rings is 2. The summed E-state index contributed by atoms with van der Waals surface area (Å²) in [6.07, 6.45) is 2.01. The van der Waals surface area contributed by atoms with Crippen molar-refractivity contribution in [3.63, 3.8) is 0 Å². The summed E-state index contributed by atoms with van der Waals surface area (Å²) in [4.78, 5) is 26.9.